The van der Waals surface area contributed by atoms with Crippen molar-refractivity contribution in [3.63, 3.8) is 0 Å². The molecule has 0 atom stereocenters. The first-order chi connectivity index (χ1) is 26.2. The maximum atomic E-state index is 13.5. The molecule has 2 nitrogen and oxygen atoms in total. The highest BCUT2D eigenvalue weighted by Gasteiger charge is 2.37. The van der Waals surface area contributed by atoms with E-state index < -0.39 is 0 Å². The Morgan fingerprint density at radius 2 is 0.434 bits per heavy atom. The number of hydrogen-bond acceptors (Lipinski definition) is 2. The quantitative estimate of drug-likeness (QED) is 0.0458. The van der Waals surface area contributed by atoms with E-state index >= 15 is 0 Å². The Morgan fingerprint density at radius 1 is 0.283 bits per heavy atom. The monoisotopic (exact) mass is 747 g/mol. The predicted molar refractivity (Wildman–Crippen MR) is 239 cm³/mol. The first-order valence-electron chi connectivity index (χ1n) is 25.2. The Kier molecular flexibility index (Phi) is 43.7. The highest BCUT2D eigenvalue weighted by atomic mass is 16.5. The van der Waals surface area contributed by atoms with E-state index in [2.05, 4.69) is 20.8 Å². The fraction of sp³-hybridized carbons (Fsp3) is 0.980. The fourth-order valence-electron chi connectivity index (χ4n) is 8.87. The van der Waals surface area contributed by atoms with Crippen LogP contribution in [0.15, 0.2) is 0 Å². The lowest BCUT2D eigenvalue weighted by atomic mass is 9.74. The minimum Gasteiger partial charge on any atom is -0.469 e. The third-order valence-electron chi connectivity index (χ3n) is 12.6. The lowest BCUT2D eigenvalue weighted by Gasteiger charge is -2.31. The summed E-state index contributed by atoms with van der Waals surface area (Å²) < 4.78 is 5.59. The Hall–Kier alpha value is -0.530. The van der Waals surface area contributed by atoms with Crippen molar-refractivity contribution in [2.45, 2.75) is 310 Å². The molecule has 0 aromatic heterocycles. The summed E-state index contributed by atoms with van der Waals surface area (Å²) in [7, 11) is 1.65. The SMILES string of the molecule is CCCCCCCCCCCCCCCCC(CCCCCCCCCCCCCCCC)(CCCCCCCCCCCCCCCC)C(=O)OC. The smallest absolute Gasteiger partial charge is 0.311 e. The Labute approximate surface area is 336 Å². The molecular formula is C51H102O2. The molecule has 0 rings (SSSR count). The zero-order chi connectivity index (χ0) is 38.6. The van der Waals surface area contributed by atoms with Crippen LogP contribution in [0.1, 0.15) is 310 Å². The van der Waals surface area contributed by atoms with E-state index in [1.54, 1.807) is 7.11 Å². The summed E-state index contributed by atoms with van der Waals surface area (Å²) in [5.41, 5.74) is -0.236. The van der Waals surface area contributed by atoms with E-state index in [4.69, 9.17) is 4.74 Å². The first kappa shape index (κ1) is 52.5. The third kappa shape index (κ3) is 36.8. The molecule has 0 unspecified atom stereocenters. The molecule has 0 aliphatic heterocycles. The summed E-state index contributed by atoms with van der Waals surface area (Å²) in [5, 5.41) is 0. The topological polar surface area (TPSA) is 26.3 Å². The fourth-order valence-corrected chi connectivity index (χ4v) is 8.87. The van der Waals surface area contributed by atoms with Crippen LogP contribution in [0, 0.1) is 5.41 Å². The van der Waals surface area contributed by atoms with Crippen LogP contribution in [0.3, 0.4) is 0 Å². The predicted octanol–water partition coefficient (Wildman–Crippen LogP) is 18.8. The van der Waals surface area contributed by atoms with Crippen molar-refractivity contribution in [2.24, 2.45) is 5.41 Å². The normalized spacial score (nSPS) is 11.8. The summed E-state index contributed by atoms with van der Waals surface area (Å²) in [4.78, 5) is 13.5. The van der Waals surface area contributed by atoms with Crippen LogP contribution >= 0.6 is 0 Å². The average molecular weight is 747 g/mol. The van der Waals surface area contributed by atoms with E-state index in [0.717, 1.165) is 19.3 Å². The van der Waals surface area contributed by atoms with Crippen LogP contribution < -0.4 is 0 Å². The standard InChI is InChI=1S/C51H102O2/c1-5-8-11-14-17-20-23-26-29-32-35-38-41-44-47-51(50(52)53-4,48-45-42-39-36-33-30-27-24-21-18-15-12-9-6-2)49-46-43-40-37-34-31-28-25-22-19-16-13-10-7-3/h5-49H2,1-4H3. The molecule has 0 bridgehead atoms. The molecule has 53 heavy (non-hydrogen) atoms. The van der Waals surface area contributed by atoms with Gasteiger partial charge < -0.3 is 4.74 Å². The highest BCUT2D eigenvalue weighted by Crippen LogP contribution is 2.39. The molecule has 0 saturated carbocycles. The molecule has 0 aromatic rings. The minimum absolute atomic E-state index is 0.108. The van der Waals surface area contributed by atoms with Gasteiger partial charge in [-0.15, -0.1) is 0 Å². The number of carbonyl (C=O) groups is 1. The van der Waals surface area contributed by atoms with Crippen molar-refractivity contribution >= 4 is 5.97 Å². The number of rotatable bonds is 46. The Morgan fingerprint density at radius 3 is 0.585 bits per heavy atom. The number of unbranched alkanes of at least 4 members (excludes halogenated alkanes) is 39. The third-order valence-corrected chi connectivity index (χ3v) is 12.6. The summed E-state index contributed by atoms with van der Waals surface area (Å²) in [5.74, 6) is 0.108. The molecule has 0 saturated heterocycles. The maximum absolute atomic E-state index is 13.5. The summed E-state index contributed by atoms with van der Waals surface area (Å²) in [6.07, 6.45) is 61.4. The molecule has 2 heteroatoms. The number of methoxy groups -OCH3 is 1. The molecular weight excluding hydrogens is 645 g/mol. The molecule has 0 aromatic carbocycles. The van der Waals surface area contributed by atoms with Gasteiger partial charge in [0, 0.05) is 0 Å². The first-order valence-corrected chi connectivity index (χ1v) is 25.2. The summed E-state index contributed by atoms with van der Waals surface area (Å²) in [6.45, 7) is 6.91. The molecule has 0 fully saturated rings. The van der Waals surface area contributed by atoms with Gasteiger partial charge in [0.25, 0.3) is 0 Å². The molecule has 0 heterocycles. The number of carbonyl (C=O) groups excluding carboxylic acids is 1. The number of esters is 1. The second kappa shape index (κ2) is 44.2. The van der Waals surface area contributed by atoms with Crippen molar-refractivity contribution in [3.05, 3.63) is 0 Å². The maximum Gasteiger partial charge on any atom is 0.311 e. The second-order valence-corrected chi connectivity index (χ2v) is 17.8. The Bertz CT molecular complexity index is 607. The van der Waals surface area contributed by atoms with Crippen LogP contribution in [-0.2, 0) is 9.53 Å². The van der Waals surface area contributed by atoms with Crippen LogP contribution in [0.2, 0.25) is 0 Å². The van der Waals surface area contributed by atoms with Crippen molar-refractivity contribution in [1.29, 1.82) is 0 Å². The molecule has 0 aliphatic carbocycles. The van der Waals surface area contributed by atoms with E-state index in [1.807, 2.05) is 0 Å². The van der Waals surface area contributed by atoms with Gasteiger partial charge >= 0.3 is 5.97 Å². The van der Waals surface area contributed by atoms with Gasteiger partial charge in [-0.3, -0.25) is 4.79 Å². The Balaban J connectivity index is 4.46. The summed E-state index contributed by atoms with van der Waals surface area (Å²) in [6, 6.07) is 0. The van der Waals surface area contributed by atoms with E-state index in [-0.39, 0.29) is 11.4 Å². The molecule has 0 radical (unpaired) electrons. The van der Waals surface area contributed by atoms with Gasteiger partial charge in [0.1, 0.15) is 0 Å². The second-order valence-electron chi connectivity index (χ2n) is 17.8. The van der Waals surface area contributed by atoms with E-state index in [0.29, 0.717) is 0 Å². The molecule has 0 spiro atoms. The molecule has 0 N–H and O–H groups in total. The van der Waals surface area contributed by atoms with Crippen molar-refractivity contribution < 1.29 is 9.53 Å². The van der Waals surface area contributed by atoms with Crippen LogP contribution in [0.5, 0.6) is 0 Å². The van der Waals surface area contributed by atoms with Gasteiger partial charge in [-0.25, -0.2) is 0 Å². The lowest BCUT2D eigenvalue weighted by molar-refractivity contribution is -0.154. The number of ether oxygens (including phenoxy) is 1. The van der Waals surface area contributed by atoms with Crippen molar-refractivity contribution in [3.8, 4) is 0 Å². The van der Waals surface area contributed by atoms with Crippen molar-refractivity contribution in [1.82, 2.24) is 0 Å². The van der Waals surface area contributed by atoms with Crippen LogP contribution in [-0.4, -0.2) is 13.1 Å². The van der Waals surface area contributed by atoms with Gasteiger partial charge in [0.2, 0.25) is 0 Å². The van der Waals surface area contributed by atoms with Crippen LogP contribution in [0.4, 0.5) is 0 Å². The van der Waals surface area contributed by atoms with E-state index in [9.17, 15) is 4.79 Å². The number of hydrogen-bond donors (Lipinski definition) is 0. The molecule has 0 aliphatic rings. The zero-order valence-electron chi connectivity index (χ0n) is 37.6. The van der Waals surface area contributed by atoms with Gasteiger partial charge in [-0.1, -0.05) is 290 Å². The average Bonchev–Trinajstić information content (AvgIpc) is 3.17. The highest BCUT2D eigenvalue weighted by molar-refractivity contribution is 5.76. The van der Waals surface area contributed by atoms with Gasteiger partial charge in [0.05, 0.1) is 12.5 Å². The van der Waals surface area contributed by atoms with Gasteiger partial charge in [0.15, 0.2) is 0 Å². The lowest BCUT2D eigenvalue weighted by Crippen LogP contribution is -2.32. The van der Waals surface area contributed by atoms with E-state index in [1.165, 1.54) is 270 Å². The largest absolute Gasteiger partial charge is 0.469 e. The molecule has 0 amide bonds. The zero-order valence-corrected chi connectivity index (χ0v) is 37.6. The minimum atomic E-state index is -0.236. The van der Waals surface area contributed by atoms with Crippen molar-refractivity contribution in [2.75, 3.05) is 7.11 Å². The van der Waals surface area contributed by atoms with Gasteiger partial charge in [-0.05, 0) is 19.3 Å². The van der Waals surface area contributed by atoms with Crippen LogP contribution in [0.25, 0.3) is 0 Å². The summed E-state index contributed by atoms with van der Waals surface area (Å²) >= 11 is 0. The van der Waals surface area contributed by atoms with Gasteiger partial charge in [-0.2, -0.15) is 0 Å². The molecule has 318 valence electrons.